The van der Waals surface area contributed by atoms with Crippen molar-refractivity contribution in [3.63, 3.8) is 0 Å². The molecule has 2 rings (SSSR count). The molecule has 14 heavy (non-hydrogen) atoms. The van der Waals surface area contributed by atoms with E-state index in [-0.39, 0.29) is 29.3 Å². The van der Waals surface area contributed by atoms with Gasteiger partial charge in [-0.05, 0) is 17.8 Å². The van der Waals surface area contributed by atoms with Gasteiger partial charge in [-0.1, -0.05) is 26.7 Å². The molecule has 0 bridgehead atoms. The zero-order valence-corrected chi connectivity index (χ0v) is 9.01. The Morgan fingerprint density at radius 3 is 2.71 bits per heavy atom. The minimum absolute atomic E-state index is 0.0231. The lowest BCUT2D eigenvalue weighted by Gasteiger charge is -2.47. The van der Waals surface area contributed by atoms with Crippen LogP contribution in [-0.2, 0) is 9.59 Å². The van der Waals surface area contributed by atoms with Crippen LogP contribution in [0.2, 0.25) is 0 Å². The topological polar surface area (TPSA) is 34.1 Å². The van der Waals surface area contributed by atoms with Crippen molar-refractivity contribution in [2.45, 2.75) is 46.0 Å². The minimum Gasteiger partial charge on any atom is -0.299 e. The monoisotopic (exact) mass is 194 g/mol. The first kappa shape index (κ1) is 9.88. The minimum atomic E-state index is -0.0231. The van der Waals surface area contributed by atoms with E-state index in [1.807, 2.05) is 0 Å². The Kier molecular flexibility index (Phi) is 2.24. The second kappa shape index (κ2) is 3.18. The van der Waals surface area contributed by atoms with Gasteiger partial charge in [-0.2, -0.15) is 0 Å². The quantitative estimate of drug-likeness (QED) is 0.555. The molecule has 0 aliphatic heterocycles. The van der Waals surface area contributed by atoms with Gasteiger partial charge in [0.1, 0.15) is 11.6 Å². The fourth-order valence-corrected chi connectivity index (χ4v) is 3.26. The lowest BCUT2D eigenvalue weighted by Crippen LogP contribution is -2.47. The van der Waals surface area contributed by atoms with Crippen LogP contribution in [0, 0.1) is 17.3 Å². The highest BCUT2D eigenvalue weighted by Gasteiger charge is 2.49. The maximum absolute atomic E-state index is 11.8. The highest BCUT2D eigenvalue weighted by molar-refractivity contribution is 6.03. The smallest absolute Gasteiger partial charge is 0.143 e. The van der Waals surface area contributed by atoms with Crippen LogP contribution in [0.3, 0.4) is 0 Å². The molecule has 0 aromatic carbocycles. The van der Waals surface area contributed by atoms with E-state index in [2.05, 4.69) is 13.8 Å². The van der Waals surface area contributed by atoms with Gasteiger partial charge in [-0.15, -0.1) is 0 Å². The van der Waals surface area contributed by atoms with Crippen molar-refractivity contribution >= 4 is 11.6 Å². The Balaban J connectivity index is 2.31. The second-order valence-electron chi connectivity index (χ2n) is 5.25. The summed E-state index contributed by atoms with van der Waals surface area (Å²) < 4.78 is 0. The number of fused-ring (bicyclic) bond motifs is 1. The van der Waals surface area contributed by atoms with E-state index in [9.17, 15) is 9.59 Å². The van der Waals surface area contributed by atoms with Gasteiger partial charge < -0.3 is 0 Å². The van der Waals surface area contributed by atoms with E-state index in [0.29, 0.717) is 12.3 Å². The van der Waals surface area contributed by atoms with Crippen LogP contribution < -0.4 is 0 Å². The van der Waals surface area contributed by atoms with Crippen LogP contribution in [0.25, 0.3) is 0 Å². The van der Waals surface area contributed by atoms with Crippen LogP contribution in [0.15, 0.2) is 0 Å². The summed E-state index contributed by atoms with van der Waals surface area (Å²) in [4.78, 5) is 23.2. The van der Waals surface area contributed by atoms with Crippen molar-refractivity contribution in [3.05, 3.63) is 0 Å². The van der Waals surface area contributed by atoms with Gasteiger partial charge in [0.25, 0.3) is 0 Å². The fourth-order valence-electron chi connectivity index (χ4n) is 3.26. The summed E-state index contributed by atoms with van der Waals surface area (Å²) in [6.07, 6.45) is 4.17. The molecule has 2 aliphatic carbocycles. The first-order valence-corrected chi connectivity index (χ1v) is 5.58. The number of Topliss-reactive ketones (excluding diaryl/α,β-unsaturated/α-hetero) is 2. The summed E-state index contributed by atoms with van der Waals surface area (Å²) in [6.45, 7) is 4.33. The average molecular weight is 194 g/mol. The SMILES string of the molecule is CC1CCCC2C(=O)CC(=O)CC12C. The number of rotatable bonds is 0. The molecule has 0 heterocycles. The summed E-state index contributed by atoms with van der Waals surface area (Å²) in [5.41, 5.74) is -0.0231. The summed E-state index contributed by atoms with van der Waals surface area (Å²) in [6, 6.07) is 0. The third-order valence-corrected chi connectivity index (χ3v) is 4.39. The molecule has 0 aromatic rings. The fraction of sp³-hybridized carbons (Fsp3) is 0.833. The summed E-state index contributed by atoms with van der Waals surface area (Å²) in [7, 11) is 0. The van der Waals surface area contributed by atoms with Gasteiger partial charge in [0.15, 0.2) is 0 Å². The second-order valence-corrected chi connectivity index (χ2v) is 5.25. The number of hydrogen-bond acceptors (Lipinski definition) is 2. The highest BCUT2D eigenvalue weighted by atomic mass is 16.1. The van der Waals surface area contributed by atoms with Gasteiger partial charge in [-0.25, -0.2) is 0 Å². The van der Waals surface area contributed by atoms with E-state index < -0.39 is 0 Å². The molecule has 0 saturated heterocycles. The van der Waals surface area contributed by atoms with E-state index in [0.717, 1.165) is 12.8 Å². The molecule has 0 spiro atoms. The van der Waals surface area contributed by atoms with Crippen LogP contribution in [0.1, 0.15) is 46.0 Å². The first-order valence-electron chi connectivity index (χ1n) is 5.58. The Morgan fingerprint density at radius 2 is 2.00 bits per heavy atom. The first-order chi connectivity index (χ1) is 6.54. The van der Waals surface area contributed by atoms with Crippen molar-refractivity contribution < 1.29 is 9.59 Å². The van der Waals surface area contributed by atoms with Crippen LogP contribution in [0.5, 0.6) is 0 Å². The highest BCUT2D eigenvalue weighted by Crippen LogP contribution is 2.50. The van der Waals surface area contributed by atoms with Gasteiger partial charge >= 0.3 is 0 Å². The van der Waals surface area contributed by atoms with Crippen LogP contribution >= 0.6 is 0 Å². The molecule has 3 atom stereocenters. The van der Waals surface area contributed by atoms with Gasteiger partial charge in [0.05, 0.1) is 6.42 Å². The maximum atomic E-state index is 11.8. The standard InChI is InChI=1S/C12H18O2/c1-8-4-3-5-10-11(14)6-9(13)7-12(8,10)2/h8,10H,3-7H2,1-2H3. The van der Waals surface area contributed by atoms with Gasteiger partial charge in [0, 0.05) is 12.3 Å². The average Bonchev–Trinajstić information content (AvgIpc) is 2.07. The van der Waals surface area contributed by atoms with E-state index in [1.54, 1.807) is 0 Å². The predicted octanol–water partition coefficient (Wildman–Crippen LogP) is 2.36. The van der Waals surface area contributed by atoms with Crippen molar-refractivity contribution in [1.82, 2.24) is 0 Å². The molecule has 78 valence electrons. The predicted molar refractivity (Wildman–Crippen MR) is 53.9 cm³/mol. The molecule has 2 aliphatic rings. The molecule has 0 radical (unpaired) electrons. The van der Waals surface area contributed by atoms with Crippen molar-refractivity contribution in [1.29, 1.82) is 0 Å². The summed E-state index contributed by atoms with van der Waals surface area (Å²) in [5.74, 6) is 1.05. The Bertz CT molecular complexity index is 282. The van der Waals surface area contributed by atoms with Crippen molar-refractivity contribution in [3.8, 4) is 0 Å². The van der Waals surface area contributed by atoms with E-state index in [4.69, 9.17) is 0 Å². The summed E-state index contributed by atoms with van der Waals surface area (Å²) in [5, 5.41) is 0. The third kappa shape index (κ3) is 1.32. The summed E-state index contributed by atoms with van der Waals surface area (Å²) >= 11 is 0. The normalized spacial score (nSPS) is 43.6. The van der Waals surface area contributed by atoms with Crippen molar-refractivity contribution in [2.24, 2.45) is 17.3 Å². The van der Waals surface area contributed by atoms with E-state index >= 15 is 0 Å². The molecule has 0 N–H and O–H groups in total. The largest absolute Gasteiger partial charge is 0.299 e. The zero-order chi connectivity index (χ0) is 10.3. The third-order valence-electron chi connectivity index (χ3n) is 4.39. The number of hydrogen-bond donors (Lipinski definition) is 0. The van der Waals surface area contributed by atoms with Crippen molar-refractivity contribution in [2.75, 3.05) is 0 Å². The molecular weight excluding hydrogens is 176 g/mol. The zero-order valence-electron chi connectivity index (χ0n) is 9.01. The Morgan fingerprint density at radius 1 is 1.29 bits per heavy atom. The number of ketones is 2. The maximum Gasteiger partial charge on any atom is 0.143 e. The number of carbonyl (C=O) groups excluding carboxylic acids is 2. The molecular formula is C12H18O2. The number of carbonyl (C=O) groups is 2. The Hall–Kier alpha value is -0.660. The molecule has 2 saturated carbocycles. The Labute approximate surface area is 85.1 Å². The molecule has 2 fully saturated rings. The van der Waals surface area contributed by atoms with Crippen LogP contribution in [0.4, 0.5) is 0 Å². The lowest BCUT2D eigenvalue weighted by molar-refractivity contribution is -0.144. The molecule has 3 unspecified atom stereocenters. The van der Waals surface area contributed by atoms with Gasteiger partial charge in [-0.3, -0.25) is 9.59 Å². The lowest BCUT2D eigenvalue weighted by atomic mass is 9.55. The van der Waals surface area contributed by atoms with E-state index in [1.165, 1.54) is 6.42 Å². The molecule has 2 heteroatoms. The molecule has 0 amide bonds. The molecule has 2 nitrogen and oxygen atoms in total. The molecule has 0 aromatic heterocycles. The van der Waals surface area contributed by atoms with Crippen LogP contribution in [-0.4, -0.2) is 11.6 Å². The van der Waals surface area contributed by atoms with Gasteiger partial charge in [0.2, 0.25) is 0 Å².